The maximum absolute atomic E-state index is 15.2. The van der Waals surface area contributed by atoms with Crippen molar-refractivity contribution in [3.63, 3.8) is 0 Å². The third kappa shape index (κ3) is 8.27. The number of nitrogens with one attached hydrogen (secondary N) is 2. The Labute approximate surface area is 235 Å². The van der Waals surface area contributed by atoms with Crippen LogP contribution in [0.5, 0.6) is 0 Å². The number of rotatable bonds is 13. The molecule has 2 heterocycles. The number of carbonyl (C=O) groups is 2. The Morgan fingerprint density at radius 3 is 2.10 bits per heavy atom. The van der Waals surface area contributed by atoms with E-state index in [1.54, 1.807) is 27.7 Å². The van der Waals surface area contributed by atoms with Gasteiger partial charge in [0.2, 0.25) is 0 Å². The normalized spacial score (nSPS) is 24.9. The number of esters is 2. The zero-order valence-electron chi connectivity index (χ0n) is 22.8. The van der Waals surface area contributed by atoms with Crippen LogP contribution >= 0.6 is 19.2 Å². The fourth-order valence-electron chi connectivity index (χ4n) is 3.58. The van der Waals surface area contributed by atoms with Gasteiger partial charge in [0.25, 0.3) is 6.43 Å². The molecule has 1 fully saturated rings. The summed E-state index contributed by atoms with van der Waals surface area (Å²) in [5.41, 5.74) is 1.34. The number of ether oxygens (including phenoxy) is 3. The van der Waals surface area contributed by atoms with Crippen LogP contribution in [0, 0.1) is 0 Å². The largest absolute Gasteiger partial charge is 0.462 e. The number of aliphatic hydroxyl groups is 1. The van der Waals surface area contributed by atoms with Crippen LogP contribution in [0.25, 0.3) is 0 Å². The van der Waals surface area contributed by atoms with Crippen LogP contribution in [-0.2, 0) is 28.3 Å². The average molecular weight is 619 g/mol. The lowest BCUT2D eigenvalue weighted by molar-refractivity contribution is -0.191. The van der Waals surface area contributed by atoms with Crippen molar-refractivity contribution in [1.29, 1.82) is 0 Å². The number of hydrogen-bond acceptors (Lipinski definition) is 13. The molecule has 1 aromatic heterocycles. The first-order valence-electron chi connectivity index (χ1n) is 12.3. The van der Waals surface area contributed by atoms with Crippen molar-refractivity contribution in [3.05, 3.63) is 22.7 Å². The van der Waals surface area contributed by atoms with Gasteiger partial charge in [-0.15, -0.1) is 10.2 Å². The molecule has 13 nitrogen and oxygen atoms in total. The molecule has 228 valence electrons. The van der Waals surface area contributed by atoms with E-state index in [4.69, 9.17) is 24.5 Å². The maximum Gasteiger partial charge on any atom is 0.351 e. The predicted octanol–water partition coefficient (Wildman–Crippen LogP) is 1.54. The molecule has 0 aliphatic carbocycles. The lowest BCUT2D eigenvalue weighted by Gasteiger charge is -2.32. The Hall–Kier alpha value is -2.01. The van der Waals surface area contributed by atoms with E-state index in [1.807, 2.05) is 0 Å². The van der Waals surface area contributed by atoms with Crippen LogP contribution in [0.1, 0.15) is 47.8 Å². The summed E-state index contributed by atoms with van der Waals surface area (Å²) in [5.74, 6) is -1.68. The molecule has 5 N–H and O–H groups in total. The molecular weight excluding hydrogens is 582 g/mol. The fourth-order valence-corrected chi connectivity index (χ4v) is 6.67. The van der Waals surface area contributed by atoms with Crippen molar-refractivity contribution in [1.82, 2.24) is 19.7 Å². The van der Waals surface area contributed by atoms with Gasteiger partial charge in [-0.1, -0.05) is 0 Å². The standard InChI is InChI=1S/C22H35F3N5O8PS/c1-10(2)36-18(32)12(5)28-39(40,29-13(6)19(33)37-11(3)4)35-9-22(20(24)25)16(31)15(23)17(38-22)30-8-7-14(26)27-21(30)34/h7-8,10-13,15-17,20,28-29,31,40H,9H2,1-6H3,(H-,26,27,34)/p+1/t12-,13-,15-,16-,17+,22+/m0/s1. The van der Waals surface area contributed by atoms with Gasteiger partial charge in [-0.2, -0.15) is 9.51 Å². The highest BCUT2D eigenvalue weighted by Gasteiger charge is 2.63. The van der Waals surface area contributed by atoms with Crippen molar-refractivity contribution in [2.45, 2.75) is 96.4 Å². The summed E-state index contributed by atoms with van der Waals surface area (Å²) in [4.78, 5) is 40.5. The van der Waals surface area contributed by atoms with Gasteiger partial charge in [-0.25, -0.2) is 18.0 Å². The van der Waals surface area contributed by atoms with E-state index in [2.05, 4.69) is 27.4 Å². The number of thiol groups is 1. The van der Waals surface area contributed by atoms with Crippen molar-refractivity contribution in [2.24, 2.45) is 0 Å². The number of hydrogen-bond donors (Lipinski definition) is 5. The molecule has 0 radical (unpaired) electrons. The molecule has 1 aromatic rings. The summed E-state index contributed by atoms with van der Waals surface area (Å²) in [6, 6.07) is -1.12. The van der Waals surface area contributed by atoms with Crippen molar-refractivity contribution >= 4 is 37.0 Å². The molecule has 0 unspecified atom stereocenters. The molecule has 0 saturated carbocycles. The third-order valence-corrected chi connectivity index (χ3v) is 8.55. The number of carbonyl (C=O) groups excluding carboxylic acids is 2. The summed E-state index contributed by atoms with van der Waals surface area (Å²) in [6.45, 7) is 4.33. The predicted molar refractivity (Wildman–Crippen MR) is 142 cm³/mol. The Morgan fingerprint density at radius 2 is 1.68 bits per heavy atom. The van der Waals surface area contributed by atoms with E-state index in [1.165, 1.54) is 13.8 Å². The smallest absolute Gasteiger partial charge is 0.351 e. The van der Waals surface area contributed by atoms with Crippen LogP contribution in [0.4, 0.5) is 19.0 Å². The quantitative estimate of drug-likeness (QED) is 0.123. The SMILES string of the molecule is CC(C)OC(=O)[C@H](C)N[P+](S)(N[C@@H](C)C(=O)OC(C)C)OC[C@@]1(C(F)F)O[C@@H](n2ccc(N)nc2=O)[C@@H](F)[C@@H]1O. The van der Waals surface area contributed by atoms with Crippen LogP contribution in [0.15, 0.2) is 17.1 Å². The summed E-state index contributed by atoms with van der Waals surface area (Å²) in [5, 5.41) is 16.0. The van der Waals surface area contributed by atoms with Gasteiger partial charge in [-0.05, 0) is 47.6 Å². The van der Waals surface area contributed by atoms with E-state index in [0.717, 1.165) is 12.3 Å². The molecule has 18 heteroatoms. The van der Waals surface area contributed by atoms with Gasteiger partial charge in [0.05, 0.1) is 24.5 Å². The van der Waals surface area contributed by atoms with Gasteiger partial charge in [0.15, 0.2) is 18.0 Å². The molecule has 0 amide bonds. The third-order valence-electron chi connectivity index (χ3n) is 5.53. The highest BCUT2D eigenvalue weighted by atomic mass is 32.7. The molecule has 2 rings (SSSR count). The first kappa shape index (κ1) is 34.2. The molecule has 40 heavy (non-hydrogen) atoms. The van der Waals surface area contributed by atoms with Crippen molar-refractivity contribution in [2.75, 3.05) is 12.3 Å². The molecule has 0 aromatic carbocycles. The van der Waals surface area contributed by atoms with Gasteiger partial charge in [0.1, 0.15) is 30.6 Å². The first-order chi connectivity index (χ1) is 18.4. The van der Waals surface area contributed by atoms with E-state index >= 15 is 4.39 Å². The van der Waals surface area contributed by atoms with Gasteiger partial charge in [-0.3, -0.25) is 14.2 Å². The van der Waals surface area contributed by atoms with Crippen LogP contribution in [0.2, 0.25) is 0 Å². The van der Waals surface area contributed by atoms with Gasteiger partial charge < -0.3 is 25.1 Å². The zero-order chi connectivity index (χ0) is 30.6. The zero-order valence-corrected chi connectivity index (χ0v) is 24.6. The topological polar surface area (TPSA) is 176 Å². The minimum Gasteiger partial charge on any atom is -0.462 e. The second kappa shape index (κ2) is 13.8. The molecule has 1 saturated heterocycles. The molecule has 6 atom stereocenters. The van der Waals surface area contributed by atoms with Crippen molar-refractivity contribution < 1.29 is 46.6 Å². The Kier molecular flexibility index (Phi) is 11.8. The lowest BCUT2D eigenvalue weighted by atomic mass is 9.97. The number of nitrogens with two attached hydrogens (primary N) is 1. The monoisotopic (exact) mass is 618 g/mol. The fraction of sp³-hybridized carbons (Fsp3) is 0.727. The second-order valence-electron chi connectivity index (χ2n) is 9.72. The van der Waals surface area contributed by atoms with E-state index in [9.17, 15) is 28.3 Å². The van der Waals surface area contributed by atoms with Crippen LogP contribution < -0.4 is 21.6 Å². The minimum atomic E-state index is -3.72. The lowest BCUT2D eigenvalue weighted by Crippen LogP contribution is -2.53. The van der Waals surface area contributed by atoms with Gasteiger partial charge >= 0.3 is 24.6 Å². The number of halogens is 3. The summed E-state index contributed by atoms with van der Waals surface area (Å²) in [6.07, 6.45) is -10.5. The molecular formula is C22H36F3N5O8PS+. The highest BCUT2D eigenvalue weighted by Crippen LogP contribution is 2.59. The molecule has 0 spiro atoms. The number of anilines is 1. The number of nitrogens with zero attached hydrogens (tertiary/aromatic N) is 2. The van der Waals surface area contributed by atoms with Crippen molar-refractivity contribution in [3.8, 4) is 0 Å². The highest BCUT2D eigenvalue weighted by molar-refractivity contribution is 8.49. The number of nitrogen functional groups attached to an aromatic ring is 1. The number of aliphatic hydroxyl groups excluding tert-OH is 1. The maximum atomic E-state index is 15.2. The molecule has 0 bridgehead atoms. The minimum absolute atomic E-state index is 0.198. The summed E-state index contributed by atoms with van der Waals surface area (Å²) < 4.78 is 65.9. The van der Waals surface area contributed by atoms with E-state index < -0.39 is 86.0 Å². The number of alkyl halides is 3. The molecule has 1 aliphatic heterocycles. The van der Waals surface area contributed by atoms with Gasteiger partial charge in [0, 0.05) is 6.20 Å². The number of aromatic nitrogens is 2. The van der Waals surface area contributed by atoms with E-state index in [0.29, 0.717) is 4.57 Å². The Balaban J connectivity index is 2.38. The first-order valence-corrected chi connectivity index (χ1v) is 15.1. The summed E-state index contributed by atoms with van der Waals surface area (Å²) in [7, 11) is 0. The van der Waals surface area contributed by atoms with Crippen LogP contribution in [-0.4, -0.2) is 81.8 Å². The summed E-state index contributed by atoms with van der Waals surface area (Å²) >= 11 is 4.41. The second-order valence-corrected chi connectivity index (χ2v) is 13.3. The Bertz CT molecular complexity index is 1070. The molecule has 1 aliphatic rings. The van der Waals surface area contributed by atoms with Crippen LogP contribution in [0.3, 0.4) is 0 Å². The Morgan fingerprint density at radius 1 is 1.18 bits per heavy atom. The average Bonchev–Trinajstić information content (AvgIpc) is 3.08. The van der Waals surface area contributed by atoms with E-state index in [-0.39, 0.29) is 5.82 Å².